The van der Waals surface area contributed by atoms with Crippen LogP contribution in [0.1, 0.15) is 37.0 Å². The van der Waals surface area contributed by atoms with Gasteiger partial charge in [0.25, 0.3) is 11.6 Å². The monoisotopic (exact) mass is 351 g/mol. The van der Waals surface area contributed by atoms with E-state index >= 15 is 0 Å². The summed E-state index contributed by atoms with van der Waals surface area (Å²) in [5.74, 6) is -0.0222. The van der Waals surface area contributed by atoms with Crippen LogP contribution >= 0.6 is 0 Å². The van der Waals surface area contributed by atoms with Crippen molar-refractivity contribution < 1.29 is 19.2 Å². The number of piperidine rings is 1. The third-order valence-electron chi connectivity index (χ3n) is 4.74. The maximum atomic E-state index is 12.6. The number of nitro groups is 1. The topological polar surface area (TPSA) is 103 Å². The molecule has 0 bridgehead atoms. The number of hydrogen-bond acceptors (Lipinski definition) is 6. The number of carbonyl (C=O) groups excluding carboxylic acids is 1. The molecule has 1 aliphatic rings. The number of amides is 1. The Morgan fingerprint density at radius 3 is 2.56 bits per heavy atom. The average Bonchev–Trinajstić information content (AvgIpc) is 2.58. The largest absolute Gasteiger partial charge is 0.493 e. The summed E-state index contributed by atoms with van der Waals surface area (Å²) in [6.07, 6.45) is 2.16. The van der Waals surface area contributed by atoms with E-state index in [2.05, 4.69) is 24.5 Å². The number of ether oxygens (including phenoxy) is 2. The number of nitrogens with zero attached hydrogens (tertiary/aromatic N) is 1. The van der Waals surface area contributed by atoms with Gasteiger partial charge >= 0.3 is 0 Å². The van der Waals surface area contributed by atoms with Crippen LogP contribution in [-0.2, 0) is 0 Å². The molecule has 0 aliphatic carbocycles. The molecule has 1 aliphatic heterocycles. The van der Waals surface area contributed by atoms with Crippen LogP contribution < -0.4 is 20.1 Å². The number of methoxy groups -OCH3 is 2. The van der Waals surface area contributed by atoms with Gasteiger partial charge in [-0.3, -0.25) is 14.9 Å². The Hall–Kier alpha value is -2.35. The zero-order valence-corrected chi connectivity index (χ0v) is 15.0. The quantitative estimate of drug-likeness (QED) is 0.601. The molecule has 1 saturated heterocycles. The summed E-state index contributed by atoms with van der Waals surface area (Å²) in [5, 5.41) is 17.5. The molecule has 1 fully saturated rings. The highest BCUT2D eigenvalue weighted by Gasteiger charge is 2.33. The Balaban J connectivity index is 2.21. The predicted molar refractivity (Wildman–Crippen MR) is 93.3 cm³/mol. The molecule has 25 heavy (non-hydrogen) atoms. The summed E-state index contributed by atoms with van der Waals surface area (Å²) in [5.41, 5.74) is -0.308. The highest BCUT2D eigenvalue weighted by molar-refractivity contribution is 5.99. The molecule has 0 radical (unpaired) electrons. The van der Waals surface area contributed by atoms with Crippen molar-refractivity contribution in [2.24, 2.45) is 5.41 Å². The van der Waals surface area contributed by atoms with Crippen LogP contribution in [0.2, 0.25) is 0 Å². The Labute approximate surface area is 147 Å². The van der Waals surface area contributed by atoms with Crippen LogP contribution in [0.15, 0.2) is 12.1 Å². The average molecular weight is 351 g/mol. The first kappa shape index (κ1) is 19.0. The first-order valence-corrected chi connectivity index (χ1v) is 8.22. The second kappa shape index (κ2) is 7.69. The summed E-state index contributed by atoms with van der Waals surface area (Å²) in [6.45, 7) is 5.60. The molecule has 138 valence electrons. The van der Waals surface area contributed by atoms with Crippen LogP contribution in [-0.4, -0.2) is 44.2 Å². The van der Waals surface area contributed by atoms with E-state index in [1.807, 2.05) is 0 Å². The van der Waals surface area contributed by atoms with E-state index in [-0.39, 0.29) is 34.2 Å². The SMILES string of the molecule is COc1cc(C(=O)NCC2NCCCC2(C)C)c([N+](=O)[O-])cc1OC. The van der Waals surface area contributed by atoms with Gasteiger partial charge in [0.05, 0.1) is 25.2 Å². The zero-order valence-electron chi connectivity index (χ0n) is 15.0. The molecule has 1 atom stereocenters. The van der Waals surface area contributed by atoms with Gasteiger partial charge in [0.15, 0.2) is 11.5 Å². The van der Waals surface area contributed by atoms with Crippen molar-refractivity contribution in [3.63, 3.8) is 0 Å². The lowest BCUT2D eigenvalue weighted by Gasteiger charge is -2.39. The normalized spacial score (nSPS) is 19.1. The van der Waals surface area contributed by atoms with Gasteiger partial charge in [0, 0.05) is 18.7 Å². The van der Waals surface area contributed by atoms with E-state index in [0.29, 0.717) is 6.54 Å². The fourth-order valence-electron chi connectivity index (χ4n) is 3.11. The maximum absolute atomic E-state index is 12.6. The Bertz CT molecular complexity index is 660. The number of nitro benzene ring substituents is 1. The summed E-state index contributed by atoms with van der Waals surface area (Å²) in [4.78, 5) is 23.3. The second-order valence-electron chi connectivity index (χ2n) is 6.79. The van der Waals surface area contributed by atoms with Crippen LogP contribution in [0.5, 0.6) is 11.5 Å². The van der Waals surface area contributed by atoms with Crippen molar-refractivity contribution in [2.75, 3.05) is 27.3 Å². The molecule has 0 aromatic heterocycles. The van der Waals surface area contributed by atoms with Gasteiger partial charge in [-0.2, -0.15) is 0 Å². The van der Waals surface area contributed by atoms with E-state index in [1.165, 1.54) is 26.4 Å². The van der Waals surface area contributed by atoms with Crippen LogP contribution in [0, 0.1) is 15.5 Å². The lowest BCUT2D eigenvalue weighted by atomic mass is 9.77. The standard InChI is InChI=1S/C17H25N3O5/c1-17(2)6-5-7-18-15(17)10-19-16(21)11-8-13(24-3)14(25-4)9-12(11)20(22)23/h8-9,15,18H,5-7,10H2,1-4H3,(H,19,21). The van der Waals surface area contributed by atoms with Crippen molar-refractivity contribution in [1.82, 2.24) is 10.6 Å². The Morgan fingerprint density at radius 2 is 2.00 bits per heavy atom. The first-order chi connectivity index (χ1) is 11.8. The van der Waals surface area contributed by atoms with E-state index in [9.17, 15) is 14.9 Å². The second-order valence-corrected chi connectivity index (χ2v) is 6.79. The van der Waals surface area contributed by atoms with E-state index in [1.54, 1.807) is 0 Å². The van der Waals surface area contributed by atoms with Gasteiger partial charge < -0.3 is 20.1 Å². The van der Waals surface area contributed by atoms with Gasteiger partial charge in [0.2, 0.25) is 0 Å². The maximum Gasteiger partial charge on any atom is 0.286 e. The predicted octanol–water partition coefficient (Wildman–Crippen LogP) is 2.12. The molecule has 0 saturated carbocycles. The van der Waals surface area contributed by atoms with Gasteiger partial charge in [-0.1, -0.05) is 13.8 Å². The van der Waals surface area contributed by atoms with E-state index in [0.717, 1.165) is 19.4 Å². The summed E-state index contributed by atoms with van der Waals surface area (Å²) in [7, 11) is 2.80. The van der Waals surface area contributed by atoms with Crippen LogP contribution in [0.3, 0.4) is 0 Å². The lowest BCUT2D eigenvalue weighted by molar-refractivity contribution is -0.385. The van der Waals surface area contributed by atoms with Crippen molar-refractivity contribution in [3.05, 3.63) is 27.8 Å². The minimum atomic E-state index is -0.598. The number of benzene rings is 1. The molecule has 0 spiro atoms. The molecule has 1 aromatic rings. The molecule has 2 N–H and O–H groups in total. The van der Waals surface area contributed by atoms with Gasteiger partial charge in [-0.25, -0.2) is 0 Å². The first-order valence-electron chi connectivity index (χ1n) is 8.22. The van der Waals surface area contributed by atoms with Crippen molar-refractivity contribution >= 4 is 11.6 Å². The highest BCUT2D eigenvalue weighted by atomic mass is 16.6. The number of rotatable bonds is 6. The van der Waals surface area contributed by atoms with Gasteiger partial charge in [0.1, 0.15) is 5.56 Å². The minimum absolute atomic E-state index is 0.0451. The van der Waals surface area contributed by atoms with Crippen molar-refractivity contribution in [3.8, 4) is 11.5 Å². The summed E-state index contributed by atoms with van der Waals surface area (Å²) >= 11 is 0. The zero-order chi connectivity index (χ0) is 18.6. The van der Waals surface area contributed by atoms with Crippen molar-refractivity contribution in [1.29, 1.82) is 0 Å². The minimum Gasteiger partial charge on any atom is -0.493 e. The molecule has 1 amide bonds. The molecule has 1 aromatic carbocycles. The highest BCUT2D eigenvalue weighted by Crippen LogP contribution is 2.34. The third-order valence-corrected chi connectivity index (χ3v) is 4.74. The summed E-state index contributed by atoms with van der Waals surface area (Å²) < 4.78 is 10.2. The lowest BCUT2D eigenvalue weighted by Crippen LogP contribution is -2.52. The fraction of sp³-hybridized carbons (Fsp3) is 0.588. The smallest absolute Gasteiger partial charge is 0.286 e. The molecule has 8 nitrogen and oxygen atoms in total. The molecule has 2 rings (SSSR count). The molecule has 8 heteroatoms. The molecular formula is C17H25N3O5. The number of nitrogens with one attached hydrogen (secondary N) is 2. The Morgan fingerprint density at radius 1 is 1.36 bits per heavy atom. The molecule has 1 unspecified atom stereocenters. The van der Waals surface area contributed by atoms with Gasteiger partial charge in [-0.15, -0.1) is 0 Å². The third kappa shape index (κ3) is 4.19. The van der Waals surface area contributed by atoms with Crippen LogP contribution in [0.25, 0.3) is 0 Å². The number of hydrogen-bond donors (Lipinski definition) is 2. The Kier molecular flexibility index (Phi) is 5.84. The number of carbonyl (C=O) groups is 1. The fourth-order valence-corrected chi connectivity index (χ4v) is 3.11. The summed E-state index contributed by atoms with van der Waals surface area (Å²) in [6, 6.07) is 2.66. The van der Waals surface area contributed by atoms with Crippen LogP contribution in [0.4, 0.5) is 5.69 Å². The van der Waals surface area contributed by atoms with Crippen molar-refractivity contribution in [2.45, 2.75) is 32.7 Å². The van der Waals surface area contributed by atoms with Gasteiger partial charge in [-0.05, 0) is 24.8 Å². The molecular weight excluding hydrogens is 326 g/mol. The van der Waals surface area contributed by atoms with E-state index in [4.69, 9.17) is 9.47 Å². The van der Waals surface area contributed by atoms with E-state index < -0.39 is 10.8 Å². The molecule has 1 heterocycles.